The average molecular weight is 312 g/mol. The molecule has 0 atom stereocenters. The highest BCUT2D eigenvalue weighted by Crippen LogP contribution is 2.20. The monoisotopic (exact) mass is 311 g/mol. The first kappa shape index (κ1) is 13.2. The van der Waals surface area contributed by atoms with Crippen LogP contribution in [-0.2, 0) is 6.54 Å². The topological polar surface area (TPSA) is 29.9 Å². The molecule has 0 aliphatic heterocycles. The van der Waals surface area contributed by atoms with Gasteiger partial charge in [0, 0.05) is 12.7 Å². The minimum atomic E-state index is -0.263. The number of halogens is 2. The Morgan fingerprint density at radius 2 is 2.28 bits per heavy atom. The molecule has 18 heavy (non-hydrogen) atoms. The van der Waals surface area contributed by atoms with Crippen molar-refractivity contribution in [1.29, 1.82) is 0 Å². The van der Waals surface area contributed by atoms with E-state index in [1.165, 1.54) is 6.07 Å². The van der Waals surface area contributed by atoms with Crippen molar-refractivity contribution in [2.24, 2.45) is 0 Å². The van der Waals surface area contributed by atoms with Crippen molar-refractivity contribution in [2.75, 3.05) is 6.54 Å². The van der Waals surface area contributed by atoms with Gasteiger partial charge in [0.25, 0.3) is 0 Å². The van der Waals surface area contributed by atoms with Gasteiger partial charge < -0.3 is 5.32 Å². The van der Waals surface area contributed by atoms with Crippen molar-refractivity contribution in [2.45, 2.75) is 19.9 Å². The summed E-state index contributed by atoms with van der Waals surface area (Å²) in [5, 5.41) is 7.41. The SMILES string of the molecule is CCCNCc1cccc(F)c1-n1cc(Br)cn1. The summed E-state index contributed by atoms with van der Waals surface area (Å²) in [7, 11) is 0. The molecule has 0 bridgehead atoms. The van der Waals surface area contributed by atoms with Gasteiger partial charge in [0.15, 0.2) is 0 Å². The molecular formula is C13H15BrFN3. The fraction of sp³-hybridized carbons (Fsp3) is 0.308. The summed E-state index contributed by atoms with van der Waals surface area (Å²) >= 11 is 3.32. The molecule has 0 amide bonds. The van der Waals surface area contributed by atoms with Crippen molar-refractivity contribution in [1.82, 2.24) is 15.1 Å². The van der Waals surface area contributed by atoms with E-state index in [-0.39, 0.29) is 5.82 Å². The highest BCUT2D eigenvalue weighted by atomic mass is 79.9. The third-order valence-electron chi connectivity index (χ3n) is 2.59. The maximum absolute atomic E-state index is 14.0. The molecule has 1 N–H and O–H groups in total. The van der Waals surface area contributed by atoms with Gasteiger partial charge in [-0.05, 0) is 40.5 Å². The predicted molar refractivity (Wildman–Crippen MR) is 73.2 cm³/mol. The molecule has 3 nitrogen and oxygen atoms in total. The van der Waals surface area contributed by atoms with E-state index < -0.39 is 0 Å². The van der Waals surface area contributed by atoms with Crippen molar-refractivity contribution >= 4 is 15.9 Å². The van der Waals surface area contributed by atoms with Crippen LogP contribution < -0.4 is 5.32 Å². The largest absolute Gasteiger partial charge is 0.313 e. The summed E-state index contributed by atoms with van der Waals surface area (Å²) in [4.78, 5) is 0. The van der Waals surface area contributed by atoms with E-state index in [2.05, 4.69) is 33.3 Å². The molecule has 0 saturated carbocycles. The van der Waals surface area contributed by atoms with Gasteiger partial charge in [-0.25, -0.2) is 9.07 Å². The number of nitrogens with zero attached hydrogens (tertiary/aromatic N) is 2. The highest BCUT2D eigenvalue weighted by Gasteiger charge is 2.11. The molecule has 0 saturated heterocycles. The first-order valence-corrected chi connectivity index (χ1v) is 6.70. The van der Waals surface area contributed by atoms with Gasteiger partial charge in [-0.1, -0.05) is 19.1 Å². The van der Waals surface area contributed by atoms with E-state index in [9.17, 15) is 4.39 Å². The third kappa shape index (κ3) is 2.97. The van der Waals surface area contributed by atoms with Crippen LogP contribution in [0.4, 0.5) is 4.39 Å². The minimum absolute atomic E-state index is 0.263. The zero-order valence-electron chi connectivity index (χ0n) is 10.2. The summed E-state index contributed by atoms with van der Waals surface area (Å²) in [6.45, 7) is 3.65. The lowest BCUT2D eigenvalue weighted by molar-refractivity contribution is 0.600. The second kappa shape index (κ2) is 6.11. The summed E-state index contributed by atoms with van der Waals surface area (Å²) in [5.41, 5.74) is 1.41. The molecule has 1 aromatic carbocycles. The van der Waals surface area contributed by atoms with Gasteiger partial charge in [0.2, 0.25) is 0 Å². The molecule has 5 heteroatoms. The van der Waals surface area contributed by atoms with E-state index in [4.69, 9.17) is 0 Å². The van der Waals surface area contributed by atoms with Crippen LogP contribution in [0.3, 0.4) is 0 Å². The number of rotatable bonds is 5. The van der Waals surface area contributed by atoms with Gasteiger partial charge >= 0.3 is 0 Å². The van der Waals surface area contributed by atoms with Gasteiger partial charge in [0.1, 0.15) is 11.5 Å². The maximum Gasteiger partial charge on any atom is 0.149 e. The van der Waals surface area contributed by atoms with Gasteiger partial charge in [0.05, 0.1) is 10.7 Å². The summed E-state index contributed by atoms with van der Waals surface area (Å²) < 4.78 is 16.3. The molecule has 0 aliphatic rings. The highest BCUT2D eigenvalue weighted by molar-refractivity contribution is 9.10. The Balaban J connectivity index is 2.32. The van der Waals surface area contributed by atoms with E-state index in [1.807, 2.05) is 6.07 Å². The smallest absolute Gasteiger partial charge is 0.149 e. The Kier molecular flexibility index (Phi) is 4.49. The number of nitrogens with one attached hydrogen (secondary N) is 1. The molecule has 2 aromatic rings. The Hall–Kier alpha value is -1.20. The standard InChI is InChI=1S/C13H15BrFN3/c1-2-6-16-7-10-4-3-5-12(15)13(10)18-9-11(14)8-17-18/h3-5,8-9,16H,2,6-7H2,1H3. The Morgan fingerprint density at radius 1 is 1.44 bits per heavy atom. The third-order valence-corrected chi connectivity index (χ3v) is 3.00. The van der Waals surface area contributed by atoms with Crippen molar-refractivity contribution in [3.05, 3.63) is 46.4 Å². The van der Waals surface area contributed by atoms with Crippen LogP contribution in [0.25, 0.3) is 5.69 Å². The zero-order chi connectivity index (χ0) is 13.0. The number of para-hydroxylation sites is 1. The quantitative estimate of drug-likeness (QED) is 0.859. The van der Waals surface area contributed by atoms with Crippen LogP contribution in [0, 0.1) is 5.82 Å². The molecule has 1 heterocycles. The van der Waals surface area contributed by atoms with E-state index in [0.717, 1.165) is 23.0 Å². The van der Waals surface area contributed by atoms with Crippen LogP contribution in [-0.4, -0.2) is 16.3 Å². The average Bonchev–Trinajstić information content (AvgIpc) is 2.76. The zero-order valence-corrected chi connectivity index (χ0v) is 11.7. The Labute approximate surface area is 114 Å². The molecule has 0 aliphatic carbocycles. The maximum atomic E-state index is 14.0. The van der Waals surface area contributed by atoms with E-state index in [1.54, 1.807) is 23.1 Å². The van der Waals surface area contributed by atoms with Gasteiger partial charge in [-0.2, -0.15) is 5.10 Å². The molecule has 0 spiro atoms. The number of hydrogen-bond donors (Lipinski definition) is 1. The van der Waals surface area contributed by atoms with Crippen LogP contribution in [0.15, 0.2) is 35.1 Å². The number of benzene rings is 1. The molecule has 0 radical (unpaired) electrons. The summed E-state index contributed by atoms with van der Waals surface area (Å²) in [6.07, 6.45) is 4.45. The Bertz CT molecular complexity index is 525. The van der Waals surface area contributed by atoms with Crippen molar-refractivity contribution in [3.63, 3.8) is 0 Å². The van der Waals surface area contributed by atoms with Gasteiger partial charge in [-0.15, -0.1) is 0 Å². The van der Waals surface area contributed by atoms with Crippen LogP contribution in [0.5, 0.6) is 0 Å². The molecule has 96 valence electrons. The predicted octanol–water partition coefficient (Wildman–Crippen LogP) is 3.27. The molecule has 1 aromatic heterocycles. The van der Waals surface area contributed by atoms with Crippen LogP contribution in [0.1, 0.15) is 18.9 Å². The van der Waals surface area contributed by atoms with Crippen molar-refractivity contribution < 1.29 is 4.39 Å². The normalized spacial score (nSPS) is 10.8. The van der Waals surface area contributed by atoms with Crippen LogP contribution in [0.2, 0.25) is 0 Å². The lowest BCUT2D eigenvalue weighted by Crippen LogP contribution is -2.16. The number of hydrogen-bond acceptors (Lipinski definition) is 2. The first-order chi connectivity index (χ1) is 8.72. The van der Waals surface area contributed by atoms with E-state index >= 15 is 0 Å². The lowest BCUT2D eigenvalue weighted by Gasteiger charge is -2.11. The second-order valence-electron chi connectivity index (χ2n) is 4.03. The molecular weight excluding hydrogens is 297 g/mol. The fourth-order valence-electron chi connectivity index (χ4n) is 1.78. The molecule has 0 unspecified atom stereocenters. The summed E-state index contributed by atoms with van der Waals surface area (Å²) in [6, 6.07) is 5.09. The minimum Gasteiger partial charge on any atom is -0.313 e. The molecule has 2 rings (SSSR count). The lowest BCUT2D eigenvalue weighted by atomic mass is 10.1. The molecule has 0 fully saturated rings. The Morgan fingerprint density at radius 3 is 2.94 bits per heavy atom. The summed E-state index contributed by atoms with van der Waals surface area (Å²) in [5.74, 6) is -0.263. The number of aromatic nitrogens is 2. The van der Waals surface area contributed by atoms with E-state index in [0.29, 0.717) is 12.2 Å². The van der Waals surface area contributed by atoms with Crippen molar-refractivity contribution in [3.8, 4) is 5.69 Å². The van der Waals surface area contributed by atoms with Crippen LogP contribution >= 0.6 is 15.9 Å². The van der Waals surface area contributed by atoms with Gasteiger partial charge in [-0.3, -0.25) is 0 Å². The first-order valence-electron chi connectivity index (χ1n) is 5.91. The second-order valence-corrected chi connectivity index (χ2v) is 4.94. The fourth-order valence-corrected chi connectivity index (χ4v) is 2.07.